The molecule has 0 aromatic heterocycles. The Bertz CT molecular complexity index is 1650. The number of carbonyl (C=O) groups is 3. The number of carbonyl (C=O) groups excluding carboxylic acids is 3. The Morgan fingerprint density at radius 1 is 0.632 bits per heavy atom. The average Bonchev–Trinajstić information content (AvgIpc) is 2.96. The first kappa shape index (κ1) is 24.7. The predicted molar refractivity (Wildman–Crippen MR) is 147 cm³/mol. The summed E-state index contributed by atoms with van der Waals surface area (Å²) >= 11 is 0. The molecule has 5 aromatic carbocycles. The molecule has 38 heavy (non-hydrogen) atoms. The SMILES string of the molecule is O=C(NO)c1ccc(NC(=O)[C@@H](Cc2ccc3ccccc3c2)NC(=O)c2ccc3ccccc3c2)cc1. The topological polar surface area (TPSA) is 108 Å². The first-order valence-electron chi connectivity index (χ1n) is 12.1. The molecule has 4 N–H and O–H groups in total. The number of hydroxylamine groups is 1. The lowest BCUT2D eigenvalue weighted by molar-refractivity contribution is -0.118. The van der Waals surface area contributed by atoms with Crippen molar-refractivity contribution < 1.29 is 19.6 Å². The van der Waals surface area contributed by atoms with Crippen molar-refractivity contribution in [2.24, 2.45) is 0 Å². The molecule has 0 saturated carbocycles. The molecule has 0 aliphatic rings. The Morgan fingerprint density at radius 2 is 1.21 bits per heavy atom. The fourth-order valence-electron chi connectivity index (χ4n) is 4.38. The van der Waals surface area contributed by atoms with E-state index in [1.165, 1.54) is 12.1 Å². The molecule has 7 nitrogen and oxygen atoms in total. The third-order valence-electron chi connectivity index (χ3n) is 6.40. The maximum Gasteiger partial charge on any atom is 0.274 e. The van der Waals surface area contributed by atoms with Crippen molar-refractivity contribution in [1.29, 1.82) is 0 Å². The zero-order valence-corrected chi connectivity index (χ0v) is 20.3. The fraction of sp³-hybridized carbons (Fsp3) is 0.0645. The third-order valence-corrected chi connectivity index (χ3v) is 6.40. The third kappa shape index (κ3) is 5.53. The largest absolute Gasteiger partial charge is 0.340 e. The number of rotatable bonds is 7. The van der Waals surface area contributed by atoms with Gasteiger partial charge in [0.15, 0.2) is 0 Å². The molecule has 1 atom stereocenters. The summed E-state index contributed by atoms with van der Waals surface area (Å²) in [6.07, 6.45) is 0.279. The lowest BCUT2D eigenvalue weighted by Crippen LogP contribution is -2.45. The number of anilines is 1. The van der Waals surface area contributed by atoms with Gasteiger partial charge in [0, 0.05) is 23.2 Å². The van der Waals surface area contributed by atoms with E-state index < -0.39 is 17.9 Å². The lowest BCUT2D eigenvalue weighted by Gasteiger charge is -2.19. The van der Waals surface area contributed by atoms with E-state index in [2.05, 4.69) is 10.6 Å². The van der Waals surface area contributed by atoms with Crippen molar-refractivity contribution in [3.63, 3.8) is 0 Å². The Morgan fingerprint density at radius 3 is 1.87 bits per heavy atom. The van der Waals surface area contributed by atoms with Crippen LogP contribution in [0.2, 0.25) is 0 Å². The number of benzene rings is 5. The normalized spacial score (nSPS) is 11.6. The van der Waals surface area contributed by atoms with Crippen molar-refractivity contribution in [3.8, 4) is 0 Å². The summed E-state index contributed by atoms with van der Waals surface area (Å²) < 4.78 is 0. The van der Waals surface area contributed by atoms with Gasteiger partial charge in [-0.05, 0) is 63.5 Å². The molecule has 0 aliphatic heterocycles. The quantitative estimate of drug-likeness (QED) is 0.183. The van der Waals surface area contributed by atoms with Crippen molar-refractivity contribution in [3.05, 3.63) is 126 Å². The Hall–Kier alpha value is -5.01. The average molecular weight is 504 g/mol. The van der Waals surface area contributed by atoms with Gasteiger partial charge >= 0.3 is 0 Å². The van der Waals surface area contributed by atoms with E-state index in [-0.39, 0.29) is 17.9 Å². The molecule has 0 aliphatic carbocycles. The maximum absolute atomic E-state index is 13.4. The molecule has 0 radical (unpaired) electrons. The Labute approximate surface area is 219 Å². The summed E-state index contributed by atoms with van der Waals surface area (Å²) in [6.45, 7) is 0. The van der Waals surface area contributed by atoms with Crippen LogP contribution in [0.15, 0.2) is 109 Å². The summed E-state index contributed by atoms with van der Waals surface area (Å²) in [5.41, 5.74) is 3.62. The van der Waals surface area contributed by atoms with Crippen LogP contribution >= 0.6 is 0 Å². The molecule has 0 spiro atoms. The van der Waals surface area contributed by atoms with Crippen LogP contribution in [0.1, 0.15) is 26.3 Å². The maximum atomic E-state index is 13.4. The van der Waals surface area contributed by atoms with E-state index in [0.717, 1.165) is 27.1 Å². The minimum atomic E-state index is -0.865. The van der Waals surface area contributed by atoms with E-state index in [1.54, 1.807) is 29.7 Å². The predicted octanol–water partition coefficient (Wildman–Crippen LogP) is 5.09. The fourth-order valence-corrected chi connectivity index (χ4v) is 4.38. The molecule has 0 heterocycles. The van der Waals surface area contributed by atoms with Gasteiger partial charge in [-0.3, -0.25) is 19.6 Å². The molecule has 188 valence electrons. The van der Waals surface area contributed by atoms with Crippen molar-refractivity contribution in [2.75, 3.05) is 5.32 Å². The van der Waals surface area contributed by atoms with E-state index >= 15 is 0 Å². The molecule has 7 heteroatoms. The summed E-state index contributed by atoms with van der Waals surface area (Å²) in [5.74, 6) is -1.40. The minimum Gasteiger partial charge on any atom is -0.340 e. The van der Waals surface area contributed by atoms with Gasteiger partial charge in [0.1, 0.15) is 6.04 Å². The van der Waals surface area contributed by atoms with Gasteiger partial charge in [-0.2, -0.15) is 0 Å². The highest BCUT2D eigenvalue weighted by atomic mass is 16.5. The first-order chi connectivity index (χ1) is 18.5. The Kier molecular flexibility index (Phi) is 7.10. The van der Waals surface area contributed by atoms with E-state index in [9.17, 15) is 14.4 Å². The zero-order valence-electron chi connectivity index (χ0n) is 20.3. The molecule has 0 bridgehead atoms. The first-order valence-corrected chi connectivity index (χ1v) is 12.1. The zero-order chi connectivity index (χ0) is 26.5. The minimum absolute atomic E-state index is 0.239. The standard InChI is InChI=1S/C31H25N3O4/c35-29(26-12-11-22-6-2-4-8-25(22)19-26)33-28(18-20-9-10-21-5-1-3-7-24(21)17-20)31(37)32-27-15-13-23(14-16-27)30(36)34-38/h1-17,19,28,38H,18H2,(H,32,37)(H,33,35)(H,34,36)/t28-/m1/s1. The van der Waals surface area contributed by atoms with E-state index in [1.807, 2.05) is 72.8 Å². The second-order valence-corrected chi connectivity index (χ2v) is 8.98. The highest BCUT2D eigenvalue weighted by Crippen LogP contribution is 2.19. The van der Waals surface area contributed by atoms with Gasteiger partial charge in [-0.1, -0.05) is 72.8 Å². The smallest absolute Gasteiger partial charge is 0.274 e. The van der Waals surface area contributed by atoms with Crippen LogP contribution in [-0.4, -0.2) is 29.0 Å². The molecule has 0 saturated heterocycles. The van der Waals surface area contributed by atoms with Gasteiger partial charge in [0.25, 0.3) is 11.8 Å². The van der Waals surface area contributed by atoms with Crippen molar-refractivity contribution in [1.82, 2.24) is 10.8 Å². The molecule has 3 amide bonds. The molecule has 5 rings (SSSR count). The van der Waals surface area contributed by atoms with E-state index in [4.69, 9.17) is 5.21 Å². The highest BCUT2D eigenvalue weighted by molar-refractivity contribution is 6.03. The molecular weight excluding hydrogens is 478 g/mol. The van der Waals surface area contributed by atoms with Gasteiger partial charge in [-0.25, -0.2) is 5.48 Å². The lowest BCUT2D eigenvalue weighted by atomic mass is 10.0. The number of hydrogen-bond donors (Lipinski definition) is 4. The summed E-state index contributed by atoms with van der Waals surface area (Å²) in [4.78, 5) is 38.2. The van der Waals surface area contributed by atoms with Gasteiger partial charge in [0.2, 0.25) is 5.91 Å². The molecule has 0 unspecified atom stereocenters. The van der Waals surface area contributed by atoms with Crippen molar-refractivity contribution >= 4 is 45.0 Å². The van der Waals surface area contributed by atoms with Gasteiger partial charge in [-0.15, -0.1) is 0 Å². The summed E-state index contributed by atoms with van der Waals surface area (Å²) in [5, 5.41) is 18.6. The second kappa shape index (κ2) is 10.9. The highest BCUT2D eigenvalue weighted by Gasteiger charge is 2.23. The van der Waals surface area contributed by atoms with Gasteiger partial charge in [0.05, 0.1) is 0 Å². The van der Waals surface area contributed by atoms with E-state index in [0.29, 0.717) is 11.3 Å². The van der Waals surface area contributed by atoms with Crippen LogP contribution < -0.4 is 16.1 Å². The monoisotopic (exact) mass is 503 g/mol. The molecule has 5 aromatic rings. The molecule has 0 fully saturated rings. The second-order valence-electron chi connectivity index (χ2n) is 8.98. The van der Waals surface area contributed by atoms with Crippen LogP contribution in [0.25, 0.3) is 21.5 Å². The molecular formula is C31H25N3O4. The van der Waals surface area contributed by atoms with Crippen LogP contribution in [-0.2, 0) is 11.2 Å². The number of amides is 3. The van der Waals surface area contributed by atoms with Crippen LogP contribution in [0.3, 0.4) is 0 Å². The summed E-state index contributed by atoms with van der Waals surface area (Å²) in [6, 6.07) is 32.3. The number of nitrogens with one attached hydrogen (secondary N) is 3. The van der Waals surface area contributed by atoms with Crippen LogP contribution in [0.5, 0.6) is 0 Å². The number of fused-ring (bicyclic) bond motifs is 2. The number of hydrogen-bond acceptors (Lipinski definition) is 4. The summed E-state index contributed by atoms with van der Waals surface area (Å²) in [7, 11) is 0. The van der Waals surface area contributed by atoms with Gasteiger partial charge < -0.3 is 10.6 Å². The van der Waals surface area contributed by atoms with Crippen molar-refractivity contribution in [2.45, 2.75) is 12.5 Å². The van der Waals surface area contributed by atoms with Crippen LogP contribution in [0.4, 0.5) is 5.69 Å². The van der Waals surface area contributed by atoms with Crippen LogP contribution in [0, 0.1) is 0 Å². The Balaban J connectivity index is 1.40.